The molecule has 1 nitrogen and oxygen atoms in total. The van der Waals surface area contributed by atoms with Gasteiger partial charge in [0.15, 0.2) is 0 Å². The molecule has 0 aromatic heterocycles. The Balaban J connectivity index is -0.000000377. The second kappa shape index (κ2) is 17.5. The average molecular weight is 509 g/mol. The molecule has 4 unspecified atom stereocenters. The van der Waals surface area contributed by atoms with Crippen LogP contribution in [0, 0.1) is 80.1 Å². The van der Waals surface area contributed by atoms with Crippen LogP contribution < -0.4 is 0 Å². The molecule has 3 rings (SSSR count). The van der Waals surface area contributed by atoms with Crippen molar-refractivity contribution in [2.24, 2.45) is 59.2 Å². The van der Waals surface area contributed by atoms with Crippen molar-refractivity contribution in [3.8, 4) is 0 Å². The topological polar surface area (TPSA) is 20.2 Å². The van der Waals surface area contributed by atoms with Crippen LogP contribution in [-0.4, -0.2) is 11.7 Å². The number of hydrogen-bond donors (Lipinski definition) is 1. The van der Waals surface area contributed by atoms with Crippen LogP contribution in [0.2, 0.25) is 0 Å². The predicted octanol–water partition coefficient (Wildman–Crippen LogP) is 8.11. The molecule has 2 aliphatic carbocycles. The largest absolute Gasteiger partial charge is 3.00 e. The molecule has 31 heavy (non-hydrogen) atoms. The Kier molecular flexibility index (Phi) is 20.2. The number of aliphatic hydroxyl groups excluding tert-OH is 1. The van der Waals surface area contributed by atoms with E-state index in [0.717, 1.165) is 65.6 Å². The maximum absolute atomic E-state index is 8.93. The van der Waals surface area contributed by atoms with Gasteiger partial charge >= 0.3 is 26.2 Å². The summed E-state index contributed by atoms with van der Waals surface area (Å²) in [6.45, 7) is 21.7. The molecule has 0 amide bonds. The summed E-state index contributed by atoms with van der Waals surface area (Å²) in [7, 11) is 0. The fraction of sp³-hybridized carbons (Fsp3) is 0.724. The molecule has 4 atom stereocenters. The maximum atomic E-state index is 8.93. The van der Waals surface area contributed by atoms with Crippen LogP contribution >= 0.6 is 0 Å². The first-order chi connectivity index (χ1) is 13.1. The van der Waals surface area contributed by atoms with Crippen molar-refractivity contribution < 1.29 is 31.3 Å². The van der Waals surface area contributed by atoms with E-state index in [4.69, 9.17) is 5.11 Å². The minimum Gasteiger partial charge on any atom is -0.396 e. The molecule has 1 aromatic rings. The van der Waals surface area contributed by atoms with Gasteiger partial charge in [-0.2, -0.15) is 36.4 Å². The fourth-order valence-electron chi connectivity index (χ4n) is 5.63. The molecule has 179 valence electrons. The minimum absolute atomic E-state index is 0. The van der Waals surface area contributed by atoms with Gasteiger partial charge in [0.2, 0.25) is 0 Å². The molecule has 1 N–H and O–H groups in total. The molecule has 1 radical (unpaired) electrons. The SMILES string of the molecule is CC1C(C)C(C)C(C)C1C.CC1C(C)C(C)C(CCO)C1C.[CH3-].[CH3-].[Zr+3].[c-]1ccccc1. The first kappa shape index (κ1) is 35.6. The monoisotopic (exact) mass is 507 g/mol. The average Bonchev–Trinajstić information content (AvgIpc) is 3.00. The van der Waals surface area contributed by atoms with Gasteiger partial charge in [-0.25, -0.2) is 0 Å². The summed E-state index contributed by atoms with van der Waals surface area (Å²) in [5, 5.41) is 8.93. The molecule has 0 saturated heterocycles. The maximum Gasteiger partial charge on any atom is 3.00 e. The van der Waals surface area contributed by atoms with Crippen molar-refractivity contribution in [3.05, 3.63) is 51.3 Å². The molecular formula is C29H53OZr. The summed E-state index contributed by atoms with van der Waals surface area (Å²) in [6, 6.07) is 12.5. The van der Waals surface area contributed by atoms with Crippen LogP contribution in [0.3, 0.4) is 0 Å². The van der Waals surface area contributed by atoms with Gasteiger partial charge in [0, 0.05) is 6.61 Å². The van der Waals surface area contributed by atoms with Crippen molar-refractivity contribution in [2.75, 3.05) is 6.61 Å². The Morgan fingerprint density at radius 1 is 0.548 bits per heavy atom. The first-order valence-corrected chi connectivity index (χ1v) is 11.7. The Morgan fingerprint density at radius 2 is 0.839 bits per heavy atom. The van der Waals surface area contributed by atoms with Crippen LogP contribution in [0.25, 0.3) is 0 Å². The van der Waals surface area contributed by atoms with Crippen molar-refractivity contribution >= 4 is 0 Å². The first-order valence-electron chi connectivity index (χ1n) is 11.7. The normalized spacial score (nSPS) is 38.1. The van der Waals surface area contributed by atoms with E-state index in [0.29, 0.717) is 6.61 Å². The van der Waals surface area contributed by atoms with Gasteiger partial charge in [0.25, 0.3) is 0 Å². The molecule has 2 aliphatic rings. The Bertz CT molecular complexity index is 433. The standard InChI is InChI=1S/C11H22O.C10H20.C6H5.2CH3.Zr/c1-7-8(2)10(4)11(5-6-12)9(7)3;1-6-7(2)9(4)10(5)8(6)3;1-2-4-6-5-3-1;;;/h7-12H,5-6H2,1-4H3;6-10H,1-5H3;1-5H;2*1H3;/q;;3*-1;+3. The van der Waals surface area contributed by atoms with Gasteiger partial charge < -0.3 is 20.0 Å². The van der Waals surface area contributed by atoms with Gasteiger partial charge in [-0.05, 0) is 65.6 Å². The molecule has 0 aliphatic heterocycles. The zero-order chi connectivity index (χ0) is 21.4. The third kappa shape index (κ3) is 9.84. The predicted molar refractivity (Wildman–Crippen MR) is 136 cm³/mol. The number of rotatable bonds is 2. The van der Waals surface area contributed by atoms with E-state index in [1.54, 1.807) is 0 Å². The zero-order valence-corrected chi connectivity index (χ0v) is 25.0. The quantitative estimate of drug-likeness (QED) is 0.400. The van der Waals surface area contributed by atoms with Crippen LogP contribution in [0.1, 0.15) is 68.7 Å². The molecule has 0 heterocycles. The third-order valence-corrected chi connectivity index (χ3v) is 9.06. The second-order valence-corrected chi connectivity index (χ2v) is 9.99. The van der Waals surface area contributed by atoms with Crippen LogP contribution in [0.4, 0.5) is 0 Å². The summed E-state index contributed by atoms with van der Waals surface area (Å²) in [4.78, 5) is 0. The van der Waals surface area contributed by atoms with E-state index >= 15 is 0 Å². The van der Waals surface area contributed by atoms with Crippen LogP contribution in [0.15, 0.2) is 30.3 Å². The van der Waals surface area contributed by atoms with Crippen molar-refractivity contribution in [1.82, 2.24) is 0 Å². The zero-order valence-electron chi connectivity index (χ0n) is 22.5. The molecule has 2 heteroatoms. The summed E-state index contributed by atoms with van der Waals surface area (Å²) in [5.41, 5.74) is 0. The summed E-state index contributed by atoms with van der Waals surface area (Å²) in [6.07, 6.45) is 0.997. The van der Waals surface area contributed by atoms with Crippen LogP contribution in [0.5, 0.6) is 0 Å². The minimum atomic E-state index is 0. The molecule has 2 saturated carbocycles. The Hall–Kier alpha value is 0.0631. The molecule has 0 bridgehead atoms. The van der Waals surface area contributed by atoms with E-state index in [1.807, 2.05) is 30.3 Å². The number of hydrogen-bond acceptors (Lipinski definition) is 1. The van der Waals surface area contributed by atoms with E-state index in [1.165, 1.54) is 0 Å². The molecule has 1 aromatic carbocycles. The van der Waals surface area contributed by atoms with Crippen molar-refractivity contribution in [2.45, 2.75) is 68.7 Å². The number of benzene rings is 1. The number of aliphatic hydroxyl groups is 1. The van der Waals surface area contributed by atoms with Gasteiger partial charge in [-0.3, -0.25) is 0 Å². The Labute approximate surface area is 216 Å². The summed E-state index contributed by atoms with van der Waals surface area (Å²) in [5.74, 6) is 8.67. The van der Waals surface area contributed by atoms with Crippen LogP contribution in [-0.2, 0) is 26.2 Å². The van der Waals surface area contributed by atoms with Crippen molar-refractivity contribution in [1.29, 1.82) is 0 Å². The van der Waals surface area contributed by atoms with Gasteiger partial charge in [-0.15, -0.1) is 0 Å². The molecular weight excluding hydrogens is 456 g/mol. The second-order valence-electron chi connectivity index (χ2n) is 9.99. The summed E-state index contributed by atoms with van der Waals surface area (Å²) < 4.78 is 0. The van der Waals surface area contributed by atoms with E-state index in [2.05, 4.69) is 68.4 Å². The summed E-state index contributed by atoms with van der Waals surface area (Å²) >= 11 is 0. The third-order valence-electron chi connectivity index (χ3n) is 9.06. The van der Waals surface area contributed by atoms with Gasteiger partial charge in [0.05, 0.1) is 0 Å². The van der Waals surface area contributed by atoms with E-state index in [-0.39, 0.29) is 41.1 Å². The fourth-order valence-corrected chi connectivity index (χ4v) is 5.63. The van der Waals surface area contributed by atoms with Gasteiger partial charge in [0.1, 0.15) is 0 Å². The Morgan fingerprint density at radius 3 is 1.03 bits per heavy atom. The van der Waals surface area contributed by atoms with E-state index < -0.39 is 0 Å². The smallest absolute Gasteiger partial charge is 0.396 e. The van der Waals surface area contributed by atoms with Gasteiger partial charge in [-0.1, -0.05) is 62.3 Å². The van der Waals surface area contributed by atoms with Crippen molar-refractivity contribution in [3.63, 3.8) is 0 Å². The van der Waals surface area contributed by atoms with E-state index in [9.17, 15) is 0 Å². The molecule has 0 spiro atoms. The molecule has 2 fully saturated rings.